The molecule has 0 amide bonds. The number of nitrogens with zero attached hydrogens (tertiary/aromatic N) is 2. The fourth-order valence-electron chi connectivity index (χ4n) is 1.35. The number of anilines is 1. The maximum absolute atomic E-state index is 12.2. The van der Waals surface area contributed by atoms with Crippen LogP contribution < -0.4 is 5.32 Å². The summed E-state index contributed by atoms with van der Waals surface area (Å²) in [6.07, 6.45) is 0.175. The van der Waals surface area contributed by atoms with Crippen LogP contribution in [-0.4, -0.2) is 28.0 Å². The minimum atomic E-state index is -1.15. The third-order valence-electron chi connectivity index (χ3n) is 2.45. The number of rotatable bonds is 4. The molecule has 120 valence electrons. The van der Waals surface area contributed by atoms with Crippen molar-refractivity contribution in [3.8, 4) is 17.9 Å². The molecule has 0 aromatic heterocycles. The first-order valence-electron chi connectivity index (χ1n) is 6.75. The van der Waals surface area contributed by atoms with Gasteiger partial charge in [-0.3, -0.25) is 4.39 Å². The first-order valence-corrected chi connectivity index (χ1v) is 6.75. The molecule has 0 saturated carbocycles. The Balaban J connectivity index is 0.000000626. The molecule has 0 heterocycles. The Kier molecular flexibility index (Phi) is 7.35. The summed E-state index contributed by atoms with van der Waals surface area (Å²) in [5, 5.41) is 37.7. The van der Waals surface area contributed by atoms with Crippen molar-refractivity contribution in [1.29, 1.82) is 10.5 Å². The molecule has 0 spiro atoms. The first-order chi connectivity index (χ1) is 10.0. The largest absolute Gasteiger partial charge is 0.508 e. The Hall–Kier alpha value is -2.31. The molecule has 1 rings (SSSR count). The average Bonchev–Trinajstić information content (AvgIpc) is 2.42. The van der Waals surface area contributed by atoms with Gasteiger partial charge < -0.3 is 15.5 Å². The van der Waals surface area contributed by atoms with E-state index in [4.69, 9.17) is 15.6 Å². The highest BCUT2D eigenvalue weighted by Crippen LogP contribution is 2.24. The van der Waals surface area contributed by atoms with Gasteiger partial charge >= 0.3 is 0 Å². The van der Waals surface area contributed by atoms with Crippen LogP contribution in [0.3, 0.4) is 0 Å². The molecule has 3 N–H and O–H groups in total. The number of nitriles is 2. The Bertz CT molecular complexity index is 566. The monoisotopic (exact) mass is 307 g/mol. The number of phenolic OH excluding ortho intramolecular Hbond substituents is 1. The smallest absolute Gasteiger partial charge is 0.145 e. The van der Waals surface area contributed by atoms with Crippen molar-refractivity contribution < 1.29 is 14.6 Å². The highest BCUT2D eigenvalue weighted by molar-refractivity contribution is 5.53. The summed E-state index contributed by atoms with van der Waals surface area (Å²) in [5.41, 5.74) is -0.599. The second kappa shape index (κ2) is 8.21. The third kappa shape index (κ3) is 8.08. The van der Waals surface area contributed by atoms with Crippen LogP contribution in [0.4, 0.5) is 10.1 Å². The molecule has 0 unspecified atom stereocenters. The molecule has 0 radical (unpaired) electrons. The third-order valence-corrected chi connectivity index (χ3v) is 2.45. The number of aromatic hydroxyl groups is 1. The van der Waals surface area contributed by atoms with Gasteiger partial charge in [0.2, 0.25) is 0 Å². The fourth-order valence-corrected chi connectivity index (χ4v) is 1.35. The van der Waals surface area contributed by atoms with Crippen molar-refractivity contribution in [2.45, 2.75) is 45.3 Å². The topological polar surface area (TPSA) is 100 Å². The summed E-state index contributed by atoms with van der Waals surface area (Å²) in [6, 6.07) is 8.59. The molecular formula is C16H22FN3O2. The van der Waals surface area contributed by atoms with E-state index in [1.807, 2.05) is 0 Å². The van der Waals surface area contributed by atoms with Crippen molar-refractivity contribution in [2.24, 2.45) is 0 Å². The second-order valence-corrected chi connectivity index (χ2v) is 5.82. The molecule has 0 aliphatic rings. The highest BCUT2D eigenvalue weighted by Gasteiger charge is 2.16. The summed E-state index contributed by atoms with van der Waals surface area (Å²) in [6.45, 7) is 5.85. The Morgan fingerprint density at radius 1 is 1.18 bits per heavy atom. The van der Waals surface area contributed by atoms with Gasteiger partial charge in [0.25, 0.3) is 0 Å². The molecule has 0 aliphatic heterocycles. The van der Waals surface area contributed by atoms with Gasteiger partial charge in [-0.05, 0) is 51.5 Å². The minimum Gasteiger partial charge on any atom is -0.508 e. The molecule has 1 aromatic rings. The van der Waals surface area contributed by atoms with Crippen molar-refractivity contribution in [3.05, 3.63) is 23.8 Å². The van der Waals surface area contributed by atoms with E-state index in [1.165, 1.54) is 19.9 Å². The lowest BCUT2D eigenvalue weighted by atomic mass is 10.1. The van der Waals surface area contributed by atoms with Gasteiger partial charge in [-0.15, -0.1) is 0 Å². The van der Waals surface area contributed by atoms with Crippen LogP contribution in [0.1, 0.15) is 33.3 Å². The Morgan fingerprint density at radius 3 is 2.14 bits per heavy atom. The molecule has 0 bridgehead atoms. The number of aliphatic hydroxyl groups is 1. The van der Waals surface area contributed by atoms with E-state index >= 15 is 0 Å². The van der Waals surface area contributed by atoms with Gasteiger partial charge in [0.05, 0.1) is 18.8 Å². The van der Waals surface area contributed by atoms with Crippen molar-refractivity contribution in [3.63, 3.8) is 0 Å². The van der Waals surface area contributed by atoms with Gasteiger partial charge in [-0.25, -0.2) is 0 Å². The van der Waals surface area contributed by atoms with Crippen LogP contribution in [0, 0.1) is 22.7 Å². The SMILES string of the molecule is CC(C)(C#N)Nc1ccc(O)c(CCF)c1.CC(C)(O)C#N. The molecule has 0 atom stereocenters. The van der Waals surface area contributed by atoms with E-state index in [1.54, 1.807) is 32.0 Å². The summed E-state index contributed by atoms with van der Waals surface area (Å²) in [4.78, 5) is 0. The van der Waals surface area contributed by atoms with Crippen LogP contribution in [0.2, 0.25) is 0 Å². The van der Waals surface area contributed by atoms with Gasteiger partial charge in [0.1, 0.15) is 16.9 Å². The van der Waals surface area contributed by atoms with Gasteiger partial charge in [0, 0.05) is 12.1 Å². The van der Waals surface area contributed by atoms with Crippen LogP contribution in [0.5, 0.6) is 5.75 Å². The zero-order valence-corrected chi connectivity index (χ0v) is 13.3. The molecule has 22 heavy (non-hydrogen) atoms. The van der Waals surface area contributed by atoms with E-state index in [2.05, 4.69) is 11.4 Å². The summed E-state index contributed by atoms with van der Waals surface area (Å²) in [7, 11) is 0. The quantitative estimate of drug-likeness (QED) is 0.586. The zero-order valence-electron chi connectivity index (χ0n) is 13.3. The zero-order chi connectivity index (χ0) is 17.4. The summed E-state index contributed by atoms with van der Waals surface area (Å²) < 4.78 is 12.2. The van der Waals surface area contributed by atoms with Crippen LogP contribution in [0.15, 0.2) is 18.2 Å². The van der Waals surface area contributed by atoms with Crippen molar-refractivity contribution in [2.75, 3.05) is 12.0 Å². The van der Waals surface area contributed by atoms with Gasteiger partial charge in [-0.2, -0.15) is 10.5 Å². The van der Waals surface area contributed by atoms with Crippen LogP contribution in [-0.2, 0) is 6.42 Å². The molecule has 5 nitrogen and oxygen atoms in total. The number of nitrogens with one attached hydrogen (secondary N) is 1. The van der Waals surface area contributed by atoms with Crippen molar-refractivity contribution >= 4 is 5.69 Å². The molecule has 6 heteroatoms. The molecule has 0 saturated heterocycles. The second-order valence-electron chi connectivity index (χ2n) is 5.82. The van der Waals surface area contributed by atoms with Crippen LogP contribution in [0.25, 0.3) is 0 Å². The highest BCUT2D eigenvalue weighted by atomic mass is 19.1. The molecule has 0 fully saturated rings. The number of alkyl halides is 1. The minimum absolute atomic E-state index is 0.0814. The Labute approximate surface area is 130 Å². The normalized spacial score (nSPS) is 10.7. The lowest BCUT2D eigenvalue weighted by Gasteiger charge is -2.19. The number of halogens is 1. The van der Waals surface area contributed by atoms with E-state index in [0.29, 0.717) is 11.3 Å². The average molecular weight is 307 g/mol. The van der Waals surface area contributed by atoms with E-state index < -0.39 is 17.8 Å². The lowest BCUT2D eigenvalue weighted by Crippen LogP contribution is -2.28. The van der Waals surface area contributed by atoms with E-state index in [0.717, 1.165) is 0 Å². The number of hydrogen-bond acceptors (Lipinski definition) is 5. The van der Waals surface area contributed by atoms with Gasteiger partial charge in [0.15, 0.2) is 0 Å². The summed E-state index contributed by atoms with van der Waals surface area (Å²) in [5.74, 6) is 0.0814. The van der Waals surface area contributed by atoms with E-state index in [9.17, 15) is 9.50 Å². The van der Waals surface area contributed by atoms with Crippen molar-refractivity contribution in [1.82, 2.24) is 0 Å². The number of aryl methyl sites for hydroxylation is 1. The molecular weight excluding hydrogens is 285 g/mol. The number of phenols is 1. The Morgan fingerprint density at radius 2 is 1.73 bits per heavy atom. The maximum atomic E-state index is 12.2. The first kappa shape index (κ1) is 19.7. The number of hydrogen-bond donors (Lipinski definition) is 3. The van der Waals surface area contributed by atoms with Crippen LogP contribution >= 0.6 is 0 Å². The maximum Gasteiger partial charge on any atom is 0.145 e. The predicted octanol–water partition coefficient (Wildman–Crippen LogP) is 2.90. The lowest BCUT2D eigenvalue weighted by molar-refractivity contribution is 0.141. The number of benzene rings is 1. The van der Waals surface area contributed by atoms with Gasteiger partial charge in [-0.1, -0.05) is 0 Å². The van der Waals surface area contributed by atoms with E-state index in [-0.39, 0.29) is 12.2 Å². The summed E-state index contributed by atoms with van der Waals surface area (Å²) >= 11 is 0. The fraction of sp³-hybridized carbons (Fsp3) is 0.500. The predicted molar refractivity (Wildman–Crippen MR) is 83.0 cm³/mol. The standard InChI is InChI=1S/C12H15FN2O.C4H7NO/c1-12(2,8-14)15-10-3-4-11(16)9(7-10)5-6-13;1-4(2,6)3-5/h3-4,7,15-16H,5-6H2,1-2H3;6H,1-2H3. The molecule has 0 aliphatic carbocycles. The molecule has 1 aromatic carbocycles.